The standard InChI is InChI=1S/C47H53NO6/c1-46(33-51-34-46)31-49-27-6-7-29-53-44-23-15-40(16-24-44)39-13-19-42(20-14-39)48(41-17-11-38(12-18-41)37-9-4-3-5-10-37)43-21-25-45(26-22-43)54-30-8-28-50-32-47(2)35-52-36-47/h3-5,9-26H,6-8,27-36H2,1-2H3. The molecular formula is C47H53NO6. The van der Waals surface area contributed by atoms with Crippen LogP contribution in [0.4, 0.5) is 17.1 Å². The molecule has 0 unspecified atom stereocenters. The average molecular weight is 728 g/mol. The Hall–Kier alpha value is -4.66. The van der Waals surface area contributed by atoms with Gasteiger partial charge < -0.3 is 33.3 Å². The van der Waals surface area contributed by atoms with Gasteiger partial charge in [0.25, 0.3) is 0 Å². The number of unbranched alkanes of at least 4 members (excludes halogenated alkanes) is 1. The predicted molar refractivity (Wildman–Crippen MR) is 216 cm³/mol. The molecule has 2 saturated heterocycles. The van der Waals surface area contributed by atoms with Crippen LogP contribution in [0.25, 0.3) is 22.3 Å². The first kappa shape index (κ1) is 37.6. The molecule has 7 heteroatoms. The highest BCUT2D eigenvalue weighted by Gasteiger charge is 2.34. The van der Waals surface area contributed by atoms with Crippen LogP contribution < -0.4 is 14.4 Å². The first-order valence-corrected chi connectivity index (χ1v) is 19.3. The molecule has 0 spiro atoms. The van der Waals surface area contributed by atoms with Crippen molar-refractivity contribution in [1.29, 1.82) is 0 Å². The summed E-state index contributed by atoms with van der Waals surface area (Å²) in [6.45, 7) is 11.8. The molecule has 0 saturated carbocycles. The summed E-state index contributed by atoms with van der Waals surface area (Å²) in [5, 5.41) is 0. The van der Waals surface area contributed by atoms with Gasteiger partial charge in [-0.25, -0.2) is 0 Å². The molecule has 5 aromatic rings. The van der Waals surface area contributed by atoms with Crippen molar-refractivity contribution in [2.24, 2.45) is 10.8 Å². The van der Waals surface area contributed by atoms with Gasteiger partial charge in [0.15, 0.2) is 0 Å². The van der Waals surface area contributed by atoms with Crippen molar-refractivity contribution >= 4 is 17.1 Å². The molecule has 0 atom stereocenters. The zero-order valence-corrected chi connectivity index (χ0v) is 31.7. The molecule has 2 fully saturated rings. The minimum Gasteiger partial charge on any atom is -0.494 e. The van der Waals surface area contributed by atoms with Gasteiger partial charge in [-0.05, 0) is 95.8 Å². The molecule has 0 bridgehead atoms. The van der Waals surface area contributed by atoms with Crippen molar-refractivity contribution < 1.29 is 28.4 Å². The highest BCUT2D eigenvalue weighted by molar-refractivity contribution is 5.80. The Morgan fingerprint density at radius 1 is 0.444 bits per heavy atom. The van der Waals surface area contributed by atoms with E-state index < -0.39 is 0 Å². The summed E-state index contributed by atoms with van der Waals surface area (Å²) in [5.74, 6) is 1.73. The fourth-order valence-electron chi connectivity index (χ4n) is 6.67. The van der Waals surface area contributed by atoms with Gasteiger partial charge in [0.2, 0.25) is 0 Å². The fourth-order valence-corrected chi connectivity index (χ4v) is 6.67. The van der Waals surface area contributed by atoms with Gasteiger partial charge in [-0.15, -0.1) is 0 Å². The van der Waals surface area contributed by atoms with Crippen molar-refractivity contribution in [3.8, 4) is 33.8 Å². The van der Waals surface area contributed by atoms with Crippen LogP contribution in [-0.4, -0.2) is 66.1 Å². The maximum atomic E-state index is 6.08. The Morgan fingerprint density at radius 2 is 0.815 bits per heavy atom. The Labute approximate surface area is 320 Å². The average Bonchev–Trinajstić information content (AvgIpc) is 3.19. The molecule has 282 valence electrons. The van der Waals surface area contributed by atoms with E-state index in [1.807, 2.05) is 18.2 Å². The van der Waals surface area contributed by atoms with Crippen LogP contribution in [0, 0.1) is 10.8 Å². The number of rotatable bonds is 20. The summed E-state index contributed by atoms with van der Waals surface area (Å²) in [5.41, 5.74) is 8.26. The Morgan fingerprint density at radius 3 is 1.28 bits per heavy atom. The van der Waals surface area contributed by atoms with E-state index in [-0.39, 0.29) is 10.8 Å². The number of ether oxygens (including phenoxy) is 6. The van der Waals surface area contributed by atoms with E-state index in [0.717, 1.165) is 105 Å². The van der Waals surface area contributed by atoms with E-state index in [1.165, 1.54) is 11.1 Å². The van der Waals surface area contributed by atoms with E-state index in [0.29, 0.717) is 19.8 Å². The van der Waals surface area contributed by atoms with E-state index in [2.05, 4.69) is 128 Å². The fraction of sp³-hybridized carbons (Fsp3) is 0.362. The zero-order chi connectivity index (χ0) is 37.1. The number of hydrogen-bond donors (Lipinski definition) is 0. The summed E-state index contributed by atoms with van der Waals surface area (Å²) < 4.78 is 34.4. The summed E-state index contributed by atoms with van der Waals surface area (Å²) in [6.07, 6.45) is 2.79. The number of hydrogen-bond acceptors (Lipinski definition) is 7. The van der Waals surface area contributed by atoms with E-state index in [9.17, 15) is 0 Å². The Kier molecular flexibility index (Phi) is 12.6. The lowest BCUT2D eigenvalue weighted by molar-refractivity contribution is -0.138. The van der Waals surface area contributed by atoms with E-state index >= 15 is 0 Å². The molecule has 0 radical (unpaired) electrons. The molecule has 2 aliphatic rings. The second kappa shape index (κ2) is 18.1. The molecule has 0 N–H and O–H groups in total. The van der Waals surface area contributed by atoms with Crippen LogP contribution in [0.5, 0.6) is 11.5 Å². The topological polar surface area (TPSA) is 58.6 Å². The molecule has 2 heterocycles. The molecule has 0 aliphatic carbocycles. The molecule has 54 heavy (non-hydrogen) atoms. The second-order valence-electron chi connectivity index (χ2n) is 15.3. The SMILES string of the molecule is CC1(COCCCCOc2ccc(-c3ccc(N(c4ccc(OCCCOCC5(C)COC5)cc4)c4ccc(-c5ccccc5)cc4)cc3)cc2)COC1. The summed E-state index contributed by atoms with van der Waals surface area (Å²) in [6, 6.07) is 44.7. The van der Waals surface area contributed by atoms with Crippen molar-refractivity contribution in [3.63, 3.8) is 0 Å². The van der Waals surface area contributed by atoms with Crippen LogP contribution in [0.3, 0.4) is 0 Å². The summed E-state index contributed by atoms with van der Waals surface area (Å²) >= 11 is 0. The minimum absolute atomic E-state index is 0.173. The number of nitrogens with zero attached hydrogens (tertiary/aromatic N) is 1. The first-order chi connectivity index (χ1) is 26.5. The molecule has 0 amide bonds. The molecule has 7 nitrogen and oxygen atoms in total. The molecule has 2 aliphatic heterocycles. The highest BCUT2D eigenvalue weighted by atomic mass is 16.5. The Bertz CT molecular complexity index is 1850. The third-order valence-corrected chi connectivity index (χ3v) is 10.00. The van der Waals surface area contributed by atoms with Crippen LogP contribution in [-0.2, 0) is 18.9 Å². The molecule has 5 aromatic carbocycles. The lowest BCUT2D eigenvalue weighted by Crippen LogP contribution is -2.43. The van der Waals surface area contributed by atoms with E-state index in [4.69, 9.17) is 28.4 Å². The third-order valence-electron chi connectivity index (χ3n) is 10.00. The molecular weight excluding hydrogens is 675 g/mol. The van der Waals surface area contributed by atoms with Crippen LogP contribution in [0.2, 0.25) is 0 Å². The third kappa shape index (κ3) is 10.1. The van der Waals surface area contributed by atoms with Crippen molar-refractivity contribution in [3.05, 3.63) is 127 Å². The van der Waals surface area contributed by atoms with Gasteiger partial charge in [0, 0.05) is 47.5 Å². The number of anilines is 3. The van der Waals surface area contributed by atoms with Gasteiger partial charge in [-0.1, -0.05) is 80.6 Å². The predicted octanol–water partition coefficient (Wildman–Crippen LogP) is 10.5. The van der Waals surface area contributed by atoms with Gasteiger partial charge in [-0.3, -0.25) is 0 Å². The lowest BCUT2D eigenvalue weighted by atomic mass is 9.90. The van der Waals surface area contributed by atoms with Crippen molar-refractivity contribution in [2.75, 3.05) is 71.0 Å². The highest BCUT2D eigenvalue weighted by Crippen LogP contribution is 2.37. The van der Waals surface area contributed by atoms with Crippen molar-refractivity contribution in [1.82, 2.24) is 0 Å². The molecule has 0 aromatic heterocycles. The molecule has 7 rings (SSSR count). The van der Waals surface area contributed by atoms with Crippen LogP contribution >= 0.6 is 0 Å². The normalized spacial score (nSPS) is 15.5. The maximum absolute atomic E-state index is 6.08. The summed E-state index contributed by atoms with van der Waals surface area (Å²) in [7, 11) is 0. The largest absolute Gasteiger partial charge is 0.494 e. The quantitative estimate of drug-likeness (QED) is 0.0740. The smallest absolute Gasteiger partial charge is 0.119 e. The van der Waals surface area contributed by atoms with Crippen LogP contribution in [0.1, 0.15) is 33.1 Å². The monoisotopic (exact) mass is 727 g/mol. The Balaban J connectivity index is 0.966. The maximum Gasteiger partial charge on any atom is 0.119 e. The van der Waals surface area contributed by atoms with Crippen molar-refractivity contribution in [2.45, 2.75) is 33.1 Å². The van der Waals surface area contributed by atoms with Gasteiger partial charge >= 0.3 is 0 Å². The van der Waals surface area contributed by atoms with Gasteiger partial charge in [0.05, 0.1) is 52.9 Å². The van der Waals surface area contributed by atoms with Crippen LogP contribution in [0.15, 0.2) is 127 Å². The first-order valence-electron chi connectivity index (χ1n) is 19.3. The zero-order valence-electron chi connectivity index (χ0n) is 31.7. The lowest BCUT2D eigenvalue weighted by Gasteiger charge is -2.37. The second-order valence-corrected chi connectivity index (χ2v) is 15.3. The number of benzene rings is 5. The van der Waals surface area contributed by atoms with E-state index in [1.54, 1.807) is 0 Å². The minimum atomic E-state index is 0.173. The van der Waals surface area contributed by atoms with Gasteiger partial charge in [-0.2, -0.15) is 0 Å². The van der Waals surface area contributed by atoms with Gasteiger partial charge in [0.1, 0.15) is 11.5 Å². The summed E-state index contributed by atoms with van der Waals surface area (Å²) in [4.78, 5) is 2.28.